The zero-order chi connectivity index (χ0) is 35.2. The Labute approximate surface area is 283 Å². The van der Waals surface area contributed by atoms with Crippen LogP contribution >= 0.6 is 11.3 Å². The van der Waals surface area contributed by atoms with E-state index in [1.807, 2.05) is 53.1 Å². The molecule has 0 saturated heterocycles. The third-order valence-corrected chi connectivity index (χ3v) is 9.25. The summed E-state index contributed by atoms with van der Waals surface area (Å²) in [6.07, 6.45) is -7.38. The van der Waals surface area contributed by atoms with Crippen LogP contribution in [0.4, 0.5) is 32.0 Å². The predicted molar refractivity (Wildman–Crippen MR) is 179 cm³/mol. The number of halogens is 6. The van der Waals surface area contributed by atoms with Gasteiger partial charge in [-0.15, -0.1) is 0 Å². The topological polar surface area (TPSA) is 91.3 Å². The molecule has 0 spiro atoms. The monoisotopic (exact) mass is 705 g/mol. The van der Waals surface area contributed by atoms with E-state index in [4.69, 9.17) is 4.98 Å². The molecule has 50 heavy (non-hydrogen) atoms. The molecule has 0 bridgehead atoms. The summed E-state index contributed by atoms with van der Waals surface area (Å²) < 4.78 is 83.6. The van der Waals surface area contributed by atoms with Gasteiger partial charge in [0.1, 0.15) is 6.04 Å². The second kappa shape index (κ2) is 12.7. The summed E-state index contributed by atoms with van der Waals surface area (Å²) in [6.45, 7) is 0. The molecule has 0 aliphatic heterocycles. The van der Waals surface area contributed by atoms with Crippen molar-refractivity contribution in [1.82, 2.24) is 19.7 Å². The first-order chi connectivity index (χ1) is 23.8. The van der Waals surface area contributed by atoms with Crippen LogP contribution in [0.15, 0.2) is 103 Å². The van der Waals surface area contributed by atoms with Gasteiger partial charge < -0.3 is 15.6 Å². The highest BCUT2D eigenvalue weighted by Gasteiger charge is 2.37. The Morgan fingerprint density at radius 2 is 1.54 bits per heavy atom. The van der Waals surface area contributed by atoms with Crippen molar-refractivity contribution in [3.8, 4) is 11.3 Å². The number of H-pyrrole nitrogens is 1. The molecule has 3 heterocycles. The molecule has 14 heteroatoms. The van der Waals surface area contributed by atoms with Crippen molar-refractivity contribution >= 4 is 54.9 Å². The number of fused-ring (bicyclic) bond motifs is 4. The van der Waals surface area contributed by atoms with Gasteiger partial charge in [0.05, 0.1) is 33.5 Å². The van der Waals surface area contributed by atoms with Gasteiger partial charge in [0.15, 0.2) is 4.96 Å². The molecule has 7 nitrogen and oxygen atoms in total. The fraction of sp³-hybridized carbons (Fsp3) is 0.139. The number of aromatic amines is 1. The minimum atomic E-state index is -5.07. The predicted octanol–water partition coefficient (Wildman–Crippen LogP) is 8.64. The average Bonchev–Trinajstić information content (AvgIpc) is 3.77. The number of hydrogen-bond donors (Lipinski definition) is 3. The lowest BCUT2D eigenvalue weighted by molar-refractivity contribution is -0.143. The number of nitrogens with one attached hydrogen (secondary N) is 3. The zero-order valence-corrected chi connectivity index (χ0v) is 26.5. The van der Waals surface area contributed by atoms with Gasteiger partial charge in [-0.1, -0.05) is 53.8 Å². The van der Waals surface area contributed by atoms with E-state index in [1.165, 1.54) is 0 Å². The number of anilines is 1. The van der Waals surface area contributed by atoms with Crippen LogP contribution in [-0.4, -0.2) is 32.2 Å². The van der Waals surface area contributed by atoms with E-state index in [0.29, 0.717) is 23.4 Å². The number of thiazole rings is 1. The summed E-state index contributed by atoms with van der Waals surface area (Å²) in [5.74, 6) is -1.56. The molecule has 0 fully saturated rings. The van der Waals surface area contributed by atoms with Crippen LogP contribution in [0.25, 0.3) is 37.3 Å². The van der Waals surface area contributed by atoms with E-state index in [1.54, 1.807) is 47.9 Å². The summed E-state index contributed by atoms with van der Waals surface area (Å²) in [7, 11) is 0. The standard InChI is InChI=1S/C36H25F6N5O2S/c37-35(38,39)23-13-20(14-24(17-23)36(40,41)42)15-32(48)45-28(16-22-18-43-27-6-2-1-5-26(22)27)33(49)44-25-11-9-21(10-12-25)29-19-47-30-7-3-4-8-31(30)50-34(47)46-29/h1-14,17-19,28,43H,15-16H2,(H,44,49)(H,45,48)/t28-/m0/s1. The van der Waals surface area contributed by atoms with E-state index in [2.05, 4.69) is 15.6 Å². The molecule has 4 aromatic carbocycles. The van der Waals surface area contributed by atoms with Gasteiger partial charge in [-0.05, 0) is 59.7 Å². The summed E-state index contributed by atoms with van der Waals surface area (Å²) in [6, 6.07) is 21.9. The van der Waals surface area contributed by atoms with Gasteiger partial charge in [-0.25, -0.2) is 4.98 Å². The van der Waals surface area contributed by atoms with Crippen LogP contribution in [-0.2, 0) is 34.8 Å². The van der Waals surface area contributed by atoms with Crippen molar-refractivity contribution in [2.24, 2.45) is 0 Å². The summed E-state index contributed by atoms with van der Waals surface area (Å²) in [5.41, 5.74) is 0.841. The molecule has 7 rings (SSSR count). The van der Waals surface area contributed by atoms with Crippen LogP contribution in [0.3, 0.4) is 0 Å². The number of rotatable bonds is 8. The lowest BCUT2D eigenvalue weighted by Crippen LogP contribution is -2.45. The van der Waals surface area contributed by atoms with Crippen LogP contribution in [0, 0.1) is 0 Å². The van der Waals surface area contributed by atoms with Crippen molar-refractivity contribution in [3.05, 3.63) is 126 Å². The first-order valence-corrected chi connectivity index (χ1v) is 16.0. The zero-order valence-electron chi connectivity index (χ0n) is 25.7. The van der Waals surface area contributed by atoms with Gasteiger partial charge >= 0.3 is 12.4 Å². The molecule has 2 amide bonds. The lowest BCUT2D eigenvalue weighted by Gasteiger charge is -2.19. The smallest absolute Gasteiger partial charge is 0.361 e. The Balaban J connectivity index is 1.12. The number of hydrogen-bond acceptors (Lipinski definition) is 4. The van der Waals surface area contributed by atoms with Crippen LogP contribution < -0.4 is 10.6 Å². The van der Waals surface area contributed by atoms with Crippen molar-refractivity contribution < 1.29 is 35.9 Å². The molecular formula is C36H25F6N5O2S. The summed E-state index contributed by atoms with van der Waals surface area (Å²) >= 11 is 1.56. The number of benzene rings is 4. The van der Waals surface area contributed by atoms with Crippen LogP contribution in [0.5, 0.6) is 0 Å². The quantitative estimate of drug-likeness (QED) is 0.138. The van der Waals surface area contributed by atoms with Crippen LogP contribution in [0.2, 0.25) is 0 Å². The van der Waals surface area contributed by atoms with Crippen molar-refractivity contribution in [3.63, 3.8) is 0 Å². The molecule has 1 atom stereocenters. The Morgan fingerprint density at radius 3 is 2.26 bits per heavy atom. The minimum absolute atomic E-state index is 0.00253. The first-order valence-electron chi connectivity index (χ1n) is 15.2. The number of imidazole rings is 1. The minimum Gasteiger partial charge on any atom is -0.361 e. The normalized spacial score (nSPS) is 12.8. The summed E-state index contributed by atoms with van der Waals surface area (Å²) in [4.78, 5) is 35.5. The molecule has 0 unspecified atom stereocenters. The molecule has 3 aromatic heterocycles. The van der Waals surface area contributed by atoms with E-state index in [0.717, 1.165) is 37.3 Å². The molecular weight excluding hydrogens is 680 g/mol. The molecule has 7 aromatic rings. The van der Waals surface area contributed by atoms with Gasteiger partial charge in [0.2, 0.25) is 11.8 Å². The molecule has 3 N–H and O–H groups in total. The van der Waals surface area contributed by atoms with E-state index >= 15 is 0 Å². The Bertz CT molecular complexity index is 2340. The number of aromatic nitrogens is 3. The third kappa shape index (κ3) is 6.79. The Hall–Kier alpha value is -5.63. The van der Waals surface area contributed by atoms with Gasteiger partial charge in [0.25, 0.3) is 0 Å². The summed E-state index contributed by atoms with van der Waals surface area (Å²) in [5, 5.41) is 6.08. The maximum Gasteiger partial charge on any atom is 0.416 e. The van der Waals surface area contributed by atoms with E-state index in [9.17, 15) is 35.9 Å². The highest BCUT2D eigenvalue weighted by Crippen LogP contribution is 2.36. The molecule has 0 aliphatic rings. The highest BCUT2D eigenvalue weighted by molar-refractivity contribution is 7.23. The second-order valence-electron chi connectivity index (χ2n) is 11.7. The fourth-order valence-corrected chi connectivity index (χ4v) is 6.83. The number of amides is 2. The maximum absolute atomic E-state index is 13.6. The third-order valence-electron chi connectivity index (χ3n) is 8.21. The first kappa shape index (κ1) is 32.9. The van der Waals surface area contributed by atoms with Gasteiger partial charge in [-0.3, -0.25) is 14.0 Å². The largest absolute Gasteiger partial charge is 0.416 e. The number of carbonyl (C=O) groups is 2. The van der Waals surface area contributed by atoms with Crippen molar-refractivity contribution in [2.75, 3.05) is 5.32 Å². The van der Waals surface area contributed by atoms with E-state index < -0.39 is 53.3 Å². The number of para-hydroxylation sites is 2. The van der Waals surface area contributed by atoms with E-state index in [-0.39, 0.29) is 12.5 Å². The molecule has 0 aliphatic carbocycles. The van der Waals surface area contributed by atoms with Crippen LogP contribution in [0.1, 0.15) is 22.3 Å². The SMILES string of the molecule is O=C(Cc1cc(C(F)(F)F)cc(C(F)(F)F)c1)N[C@@H](Cc1c[nH]c2ccccc12)C(=O)Nc1ccc(-c2cn3c(n2)sc2ccccc23)cc1. The number of carbonyl (C=O) groups excluding carboxylic acids is 2. The fourth-order valence-electron chi connectivity index (χ4n) is 5.82. The number of nitrogens with zero attached hydrogens (tertiary/aromatic N) is 2. The number of alkyl halides is 6. The maximum atomic E-state index is 13.6. The molecule has 0 radical (unpaired) electrons. The van der Waals surface area contributed by atoms with Crippen molar-refractivity contribution in [1.29, 1.82) is 0 Å². The highest BCUT2D eigenvalue weighted by atomic mass is 32.1. The Morgan fingerprint density at radius 1 is 0.860 bits per heavy atom. The lowest BCUT2D eigenvalue weighted by atomic mass is 10.0. The molecule has 254 valence electrons. The molecule has 0 saturated carbocycles. The van der Waals surface area contributed by atoms with Gasteiger partial charge in [-0.2, -0.15) is 26.3 Å². The van der Waals surface area contributed by atoms with Gasteiger partial charge in [0, 0.05) is 41.0 Å². The Kier molecular flexibility index (Phi) is 8.34. The second-order valence-corrected chi connectivity index (χ2v) is 12.7. The van der Waals surface area contributed by atoms with Crippen molar-refractivity contribution in [2.45, 2.75) is 31.2 Å². The average molecular weight is 706 g/mol.